The van der Waals surface area contributed by atoms with E-state index in [0.717, 1.165) is 49.7 Å². The lowest BCUT2D eigenvalue weighted by Gasteiger charge is -2.34. The molecule has 36 heavy (non-hydrogen) atoms. The molecule has 1 amide bonds. The highest BCUT2D eigenvalue weighted by Gasteiger charge is 2.20. The third-order valence-electron chi connectivity index (χ3n) is 6.61. The zero-order chi connectivity index (χ0) is 25.5. The summed E-state index contributed by atoms with van der Waals surface area (Å²) in [5.74, 6) is 0.917. The molecule has 0 aliphatic carbocycles. The normalized spacial score (nSPS) is 13.9. The number of hydrogen-bond donors (Lipinski definition) is 4. The Morgan fingerprint density at radius 2 is 1.67 bits per heavy atom. The number of rotatable bonds is 9. The molecule has 5 N–H and O–H groups in total. The van der Waals surface area contributed by atoms with Crippen molar-refractivity contribution in [2.45, 2.75) is 19.8 Å². The van der Waals surface area contributed by atoms with Gasteiger partial charge in [0.1, 0.15) is 18.0 Å². The Balaban J connectivity index is 1.41. The first-order valence-electron chi connectivity index (χ1n) is 12.3. The molecule has 3 aromatic rings. The lowest BCUT2D eigenvalue weighted by molar-refractivity contribution is -0.132. The average Bonchev–Trinajstić information content (AvgIpc) is 2.92. The van der Waals surface area contributed by atoms with Crippen molar-refractivity contribution in [3.8, 4) is 0 Å². The second-order valence-electron chi connectivity index (χ2n) is 8.82. The fourth-order valence-corrected chi connectivity index (χ4v) is 4.30. The summed E-state index contributed by atoms with van der Waals surface area (Å²) in [7, 11) is 1.87. The molecule has 1 saturated heterocycles. The van der Waals surface area contributed by atoms with Gasteiger partial charge in [-0.2, -0.15) is 0 Å². The molecular formula is C27H34N8O. The second kappa shape index (κ2) is 11.6. The van der Waals surface area contributed by atoms with Gasteiger partial charge in [-0.3, -0.25) is 10.2 Å². The van der Waals surface area contributed by atoms with Gasteiger partial charge in [0, 0.05) is 56.6 Å². The quantitative estimate of drug-likeness (QED) is 0.342. The molecule has 1 aliphatic rings. The Bertz CT molecular complexity index is 1190. The number of nitrogens with two attached hydrogens (primary N) is 1. The van der Waals surface area contributed by atoms with Crippen LogP contribution in [0.25, 0.3) is 0 Å². The summed E-state index contributed by atoms with van der Waals surface area (Å²) in [4.78, 5) is 25.4. The largest absolute Gasteiger partial charge is 0.388 e. The molecular weight excluding hydrogens is 452 g/mol. The number of anilines is 4. The number of likely N-dealkylation sites (N-methyl/N-ethyl adjacent to an activating group) is 1. The number of amides is 1. The van der Waals surface area contributed by atoms with Gasteiger partial charge in [-0.25, -0.2) is 9.97 Å². The minimum atomic E-state index is 0.204. The highest BCUT2D eigenvalue weighted by atomic mass is 16.2. The minimum absolute atomic E-state index is 0.204. The fourth-order valence-electron chi connectivity index (χ4n) is 4.30. The van der Waals surface area contributed by atoms with E-state index in [2.05, 4.69) is 32.4 Å². The Labute approximate surface area is 212 Å². The van der Waals surface area contributed by atoms with Gasteiger partial charge in [0.25, 0.3) is 0 Å². The van der Waals surface area contributed by atoms with Crippen LogP contribution in [0.15, 0.2) is 54.9 Å². The van der Waals surface area contributed by atoms with Crippen molar-refractivity contribution in [2.75, 3.05) is 56.1 Å². The van der Waals surface area contributed by atoms with Crippen LogP contribution in [0.1, 0.15) is 30.0 Å². The topological polar surface area (TPSA) is 123 Å². The number of piperazine rings is 1. The molecule has 0 bridgehead atoms. The Hall–Kier alpha value is -3.98. The van der Waals surface area contributed by atoms with Crippen molar-refractivity contribution >= 4 is 34.6 Å². The maximum absolute atomic E-state index is 12.6. The van der Waals surface area contributed by atoms with Crippen LogP contribution in [0.5, 0.6) is 0 Å². The number of nitrogens with one attached hydrogen (secondary N) is 3. The molecule has 2 heterocycles. The van der Waals surface area contributed by atoms with Gasteiger partial charge in [0.15, 0.2) is 0 Å². The van der Waals surface area contributed by atoms with E-state index in [0.29, 0.717) is 29.8 Å². The number of carbonyl (C=O) groups is 1. The summed E-state index contributed by atoms with van der Waals surface area (Å²) in [6.07, 6.45) is 2.55. The van der Waals surface area contributed by atoms with Gasteiger partial charge in [0.05, 0.1) is 11.3 Å². The molecule has 0 saturated carbocycles. The number of aromatic nitrogens is 2. The van der Waals surface area contributed by atoms with Crippen LogP contribution in [-0.2, 0) is 11.2 Å². The van der Waals surface area contributed by atoms with Crippen LogP contribution >= 0.6 is 0 Å². The van der Waals surface area contributed by atoms with Gasteiger partial charge in [0.2, 0.25) is 5.91 Å². The number of aryl methyl sites for hydroxylation is 1. The summed E-state index contributed by atoms with van der Waals surface area (Å²) >= 11 is 0. The fraction of sp³-hybridized carbons (Fsp3) is 0.333. The number of benzene rings is 2. The molecule has 1 aliphatic heterocycles. The third-order valence-corrected chi connectivity index (χ3v) is 6.61. The van der Waals surface area contributed by atoms with Crippen molar-refractivity contribution in [2.24, 2.45) is 0 Å². The SMILES string of the molecule is CCN1CCN(C(=O)CCc2ccc(C(=N)c3c(N)ncnc3Nc3ccc(NC)cc3)cc2)CC1. The molecule has 9 heteroatoms. The van der Waals surface area contributed by atoms with Crippen LogP contribution in [0, 0.1) is 5.41 Å². The molecule has 0 radical (unpaired) electrons. The van der Waals surface area contributed by atoms with E-state index < -0.39 is 0 Å². The van der Waals surface area contributed by atoms with E-state index in [9.17, 15) is 4.79 Å². The first kappa shape index (κ1) is 25.1. The van der Waals surface area contributed by atoms with Crippen LogP contribution in [0.2, 0.25) is 0 Å². The Morgan fingerprint density at radius 3 is 2.31 bits per heavy atom. The monoisotopic (exact) mass is 486 g/mol. The Kier molecular flexibility index (Phi) is 8.12. The second-order valence-corrected chi connectivity index (χ2v) is 8.82. The molecule has 0 spiro atoms. The van der Waals surface area contributed by atoms with E-state index in [1.807, 2.05) is 60.5 Å². The zero-order valence-electron chi connectivity index (χ0n) is 20.9. The number of hydrogen-bond acceptors (Lipinski definition) is 8. The molecule has 4 rings (SSSR count). The first-order valence-corrected chi connectivity index (χ1v) is 12.3. The summed E-state index contributed by atoms with van der Waals surface area (Å²) in [6.45, 7) is 6.69. The van der Waals surface area contributed by atoms with E-state index >= 15 is 0 Å². The molecule has 1 fully saturated rings. The first-order chi connectivity index (χ1) is 17.5. The van der Waals surface area contributed by atoms with Crippen LogP contribution in [0.4, 0.5) is 23.0 Å². The molecule has 0 unspecified atom stereocenters. The zero-order valence-corrected chi connectivity index (χ0v) is 20.9. The maximum atomic E-state index is 12.6. The smallest absolute Gasteiger partial charge is 0.222 e. The predicted octanol–water partition coefficient (Wildman–Crippen LogP) is 3.36. The van der Waals surface area contributed by atoms with Gasteiger partial charge < -0.3 is 26.2 Å². The summed E-state index contributed by atoms with van der Waals surface area (Å²) in [5, 5.41) is 15.2. The van der Waals surface area contributed by atoms with Crippen molar-refractivity contribution in [3.05, 3.63) is 71.5 Å². The van der Waals surface area contributed by atoms with Crippen molar-refractivity contribution < 1.29 is 4.79 Å². The molecule has 0 atom stereocenters. The summed E-state index contributed by atoms with van der Waals surface area (Å²) < 4.78 is 0. The standard InChI is InChI=1S/C27H34N8O/c1-3-34-14-16-35(17-15-34)23(36)13-6-19-4-7-20(8-5-19)25(28)24-26(29)31-18-32-27(24)33-22-11-9-21(30-2)10-12-22/h4-5,7-12,18,28,30H,3,6,13-17H2,1-2H3,(H3,29,31,32,33). The van der Waals surface area contributed by atoms with Gasteiger partial charge in [-0.05, 0) is 42.8 Å². The molecule has 2 aromatic carbocycles. The number of nitrogens with zero attached hydrogens (tertiary/aromatic N) is 4. The lowest BCUT2D eigenvalue weighted by atomic mass is 10.00. The van der Waals surface area contributed by atoms with Crippen LogP contribution in [0.3, 0.4) is 0 Å². The maximum Gasteiger partial charge on any atom is 0.222 e. The molecule has 9 nitrogen and oxygen atoms in total. The van der Waals surface area contributed by atoms with Gasteiger partial charge in [-0.1, -0.05) is 31.2 Å². The average molecular weight is 487 g/mol. The Morgan fingerprint density at radius 1 is 1.00 bits per heavy atom. The van der Waals surface area contributed by atoms with Crippen molar-refractivity contribution in [3.63, 3.8) is 0 Å². The summed E-state index contributed by atoms with van der Waals surface area (Å²) in [5.41, 5.74) is 10.4. The van der Waals surface area contributed by atoms with Crippen LogP contribution in [-0.4, -0.2) is 71.2 Å². The lowest BCUT2D eigenvalue weighted by Crippen LogP contribution is -2.48. The van der Waals surface area contributed by atoms with E-state index in [4.69, 9.17) is 11.1 Å². The number of carbonyl (C=O) groups excluding carboxylic acids is 1. The summed E-state index contributed by atoms with van der Waals surface area (Å²) in [6, 6.07) is 15.5. The van der Waals surface area contributed by atoms with Gasteiger partial charge >= 0.3 is 0 Å². The number of nitrogen functional groups attached to an aromatic ring is 1. The molecule has 1 aromatic heterocycles. The minimum Gasteiger partial charge on any atom is -0.388 e. The van der Waals surface area contributed by atoms with Crippen molar-refractivity contribution in [1.29, 1.82) is 5.41 Å². The predicted molar refractivity (Wildman–Crippen MR) is 145 cm³/mol. The van der Waals surface area contributed by atoms with Gasteiger partial charge in [-0.15, -0.1) is 0 Å². The van der Waals surface area contributed by atoms with E-state index in [-0.39, 0.29) is 17.4 Å². The van der Waals surface area contributed by atoms with Crippen LogP contribution < -0.4 is 16.4 Å². The highest BCUT2D eigenvalue weighted by molar-refractivity contribution is 6.16. The van der Waals surface area contributed by atoms with E-state index in [1.54, 1.807) is 0 Å². The van der Waals surface area contributed by atoms with E-state index in [1.165, 1.54) is 6.33 Å². The highest BCUT2D eigenvalue weighted by Crippen LogP contribution is 2.25. The third kappa shape index (κ3) is 5.98. The van der Waals surface area contributed by atoms with Crippen molar-refractivity contribution in [1.82, 2.24) is 19.8 Å². The molecule has 188 valence electrons.